The van der Waals surface area contributed by atoms with Crippen molar-refractivity contribution in [3.05, 3.63) is 71.3 Å². The van der Waals surface area contributed by atoms with Gasteiger partial charge in [0.15, 0.2) is 0 Å². The molecule has 5 fully saturated rings. The fourth-order valence-corrected chi connectivity index (χ4v) is 10.9. The van der Waals surface area contributed by atoms with Crippen molar-refractivity contribution in [2.45, 2.75) is 67.2 Å². The standard InChI is InChI=1S/C32H38N2O3S/c35-38(36,34-10-12-37-13-11-34)26-7-4-24(5-8-26)31-28-3-1-2-27(28)29-17-25(6-9-30(29)33-31)32-18-21-14-22(19-32)16-23(15-21)20-32/h1-2,4-9,17,21-23,27-28,31,33H,3,10-16,18-20H2. The molecule has 3 atom stereocenters. The van der Waals surface area contributed by atoms with E-state index in [1.54, 1.807) is 22.0 Å². The molecular weight excluding hydrogens is 492 g/mol. The number of benzene rings is 2. The van der Waals surface area contributed by atoms with Gasteiger partial charge in [0.25, 0.3) is 0 Å². The predicted octanol–water partition coefficient (Wildman–Crippen LogP) is 6.00. The van der Waals surface area contributed by atoms with Crippen molar-refractivity contribution in [1.82, 2.24) is 4.31 Å². The van der Waals surface area contributed by atoms with E-state index in [1.165, 1.54) is 55.3 Å². The summed E-state index contributed by atoms with van der Waals surface area (Å²) in [6.07, 6.45) is 14.5. The number of nitrogens with zero attached hydrogens (tertiary/aromatic N) is 1. The first-order chi connectivity index (χ1) is 18.5. The minimum atomic E-state index is -3.48. The molecule has 4 bridgehead atoms. The Balaban J connectivity index is 1.08. The molecule has 1 N–H and O–H groups in total. The van der Waals surface area contributed by atoms with Crippen molar-refractivity contribution in [3.63, 3.8) is 0 Å². The van der Waals surface area contributed by atoms with Crippen molar-refractivity contribution in [2.75, 3.05) is 31.6 Å². The summed E-state index contributed by atoms with van der Waals surface area (Å²) in [5, 5.41) is 3.89. The Kier molecular flexibility index (Phi) is 5.41. The second kappa shape index (κ2) is 8.67. The normalized spacial score (nSPS) is 37.6. The highest BCUT2D eigenvalue weighted by Crippen LogP contribution is 2.61. The monoisotopic (exact) mass is 530 g/mol. The zero-order valence-electron chi connectivity index (χ0n) is 22.0. The summed E-state index contributed by atoms with van der Waals surface area (Å²) in [4.78, 5) is 0.376. The van der Waals surface area contributed by atoms with Crippen molar-refractivity contribution in [1.29, 1.82) is 0 Å². The predicted molar refractivity (Wildman–Crippen MR) is 149 cm³/mol. The molecule has 200 valence electrons. The number of sulfonamides is 1. The second-order valence-electron chi connectivity index (χ2n) is 13.1. The molecule has 6 heteroatoms. The van der Waals surface area contributed by atoms with Crippen LogP contribution in [0.2, 0.25) is 0 Å². The Bertz CT molecular complexity index is 1340. The average molecular weight is 531 g/mol. The van der Waals surface area contributed by atoms with Gasteiger partial charge in [-0.1, -0.05) is 36.4 Å². The van der Waals surface area contributed by atoms with Crippen molar-refractivity contribution >= 4 is 15.7 Å². The molecule has 5 nitrogen and oxygen atoms in total. The van der Waals surface area contributed by atoms with E-state index in [0.717, 1.165) is 24.2 Å². The summed E-state index contributed by atoms with van der Waals surface area (Å²) in [6, 6.07) is 15.2. The Morgan fingerprint density at radius 2 is 1.58 bits per heavy atom. The lowest BCUT2D eigenvalue weighted by atomic mass is 9.48. The Morgan fingerprint density at radius 3 is 2.26 bits per heavy atom. The molecule has 3 unspecified atom stereocenters. The lowest BCUT2D eigenvalue weighted by Gasteiger charge is -2.57. The third kappa shape index (κ3) is 3.66. The van der Waals surface area contributed by atoms with Crippen LogP contribution in [-0.2, 0) is 20.2 Å². The molecule has 38 heavy (non-hydrogen) atoms. The van der Waals surface area contributed by atoms with Gasteiger partial charge in [-0.15, -0.1) is 0 Å². The highest BCUT2D eigenvalue weighted by Gasteiger charge is 2.52. The topological polar surface area (TPSA) is 58.6 Å². The average Bonchev–Trinajstić information content (AvgIpc) is 3.43. The maximum absolute atomic E-state index is 13.1. The van der Waals surface area contributed by atoms with Crippen molar-refractivity contribution in [3.8, 4) is 0 Å². The van der Waals surface area contributed by atoms with Crippen LogP contribution in [0.25, 0.3) is 0 Å². The van der Waals surface area contributed by atoms with Crippen LogP contribution in [0.1, 0.15) is 73.6 Å². The van der Waals surface area contributed by atoms with Gasteiger partial charge >= 0.3 is 0 Å². The van der Waals surface area contributed by atoms with Gasteiger partial charge in [-0.2, -0.15) is 4.31 Å². The van der Waals surface area contributed by atoms with E-state index in [9.17, 15) is 8.42 Å². The minimum Gasteiger partial charge on any atom is -0.379 e. The maximum Gasteiger partial charge on any atom is 0.243 e. The van der Waals surface area contributed by atoms with Crippen LogP contribution >= 0.6 is 0 Å². The number of allylic oxidation sites excluding steroid dienone is 2. The Hall–Kier alpha value is -2.15. The summed E-state index contributed by atoms with van der Waals surface area (Å²) < 4.78 is 33.1. The number of fused-ring (bicyclic) bond motifs is 3. The lowest BCUT2D eigenvalue weighted by molar-refractivity contribution is -0.00523. The zero-order valence-corrected chi connectivity index (χ0v) is 22.8. The van der Waals surface area contributed by atoms with E-state index in [1.807, 2.05) is 12.1 Å². The first kappa shape index (κ1) is 23.7. The number of rotatable bonds is 4. The number of ether oxygens (including phenoxy) is 1. The molecule has 2 heterocycles. The van der Waals surface area contributed by atoms with Gasteiger partial charge < -0.3 is 10.1 Å². The first-order valence-electron chi connectivity index (χ1n) is 14.7. The van der Waals surface area contributed by atoms with Gasteiger partial charge in [0.2, 0.25) is 10.0 Å². The summed E-state index contributed by atoms with van der Waals surface area (Å²) in [6.45, 7) is 1.77. The summed E-state index contributed by atoms with van der Waals surface area (Å²) in [7, 11) is -3.48. The molecule has 1 saturated heterocycles. The number of hydrogen-bond donors (Lipinski definition) is 1. The zero-order chi connectivity index (χ0) is 25.5. The molecule has 2 aromatic rings. The van der Waals surface area contributed by atoms with Crippen LogP contribution in [0.15, 0.2) is 59.5 Å². The maximum atomic E-state index is 13.1. The Morgan fingerprint density at radius 1 is 0.895 bits per heavy atom. The first-order valence-corrected chi connectivity index (χ1v) is 16.2. The molecule has 9 rings (SSSR count). The largest absolute Gasteiger partial charge is 0.379 e. The van der Waals surface area contributed by atoms with E-state index < -0.39 is 10.0 Å². The molecule has 0 radical (unpaired) electrons. The SMILES string of the molecule is O=S(=O)(c1ccc(C2Nc3ccc(C45CC6CC(CC(C6)C4)C5)cc3C3C=CCC32)cc1)N1CCOCC1. The summed E-state index contributed by atoms with van der Waals surface area (Å²) >= 11 is 0. The number of nitrogens with one attached hydrogen (secondary N) is 1. The number of anilines is 1. The molecule has 0 amide bonds. The quantitative estimate of drug-likeness (QED) is 0.493. The molecule has 2 aromatic carbocycles. The number of morpholine rings is 1. The molecule has 7 aliphatic rings. The van der Waals surface area contributed by atoms with Crippen molar-refractivity contribution in [2.24, 2.45) is 23.7 Å². The van der Waals surface area contributed by atoms with Crippen LogP contribution < -0.4 is 5.32 Å². The van der Waals surface area contributed by atoms with Gasteiger partial charge in [0.1, 0.15) is 0 Å². The third-order valence-electron chi connectivity index (χ3n) is 10.9. The van der Waals surface area contributed by atoms with Gasteiger partial charge in [-0.25, -0.2) is 8.42 Å². The molecular formula is C32H38N2O3S. The van der Waals surface area contributed by atoms with Crippen LogP contribution in [0, 0.1) is 23.7 Å². The molecule has 0 aromatic heterocycles. The fraction of sp³-hybridized carbons (Fsp3) is 0.562. The summed E-state index contributed by atoms with van der Waals surface area (Å²) in [5.74, 6) is 3.73. The van der Waals surface area contributed by atoms with Gasteiger partial charge in [-0.05, 0) is 109 Å². The van der Waals surface area contributed by atoms with Crippen LogP contribution in [0.4, 0.5) is 5.69 Å². The van der Waals surface area contributed by atoms with E-state index >= 15 is 0 Å². The highest BCUT2D eigenvalue weighted by molar-refractivity contribution is 7.89. The molecule has 5 aliphatic carbocycles. The molecule has 4 saturated carbocycles. The van der Waals surface area contributed by atoms with E-state index in [2.05, 4.69) is 35.7 Å². The van der Waals surface area contributed by atoms with E-state index in [0.29, 0.717) is 48.4 Å². The molecule has 0 spiro atoms. The smallest absolute Gasteiger partial charge is 0.243 e. The second-order valence-corrected chi connectivity index (χ2v) is 15.0. The van der Waals surface area contributed by atoms with Gasteiger partial charge in [0, 0.05) is 24.7 Å². The van der Waals surface area contributed by atoms with Crippen LogP contribution in [0.5, 0.6) is 0 Å². The number of hydrogen-bond acceptors (Lipinski definition) is 4. The van der Waals surface area contributed by atoms with E-state index in [-0.39, 0.29) is 6.04 Å². The van der Waals surface area contributed by atoms with Crippen LogP contribution in [-0.4, -0.2) is 39.0 Å². The minimum absolute atomic E-state index is 0.174. The van der Waals surface area contributed by atoms with Gasteiger partial charge in [0.05, 0.1) is 24.2 Å². The van der Waals surface area contributed by atoms with Crippen molar-refractivity contribution < 1.29 is 13.2 Å². The van der Waals surface area contributed by atoms with E-state index in [4.69, 9.17) is 4.74 Å². The lowest BCUT2D eigenvalue weighted by Crippen LogP contribution is -2.48. The fourth-order valence-electron chi connectivity index (χ4n) is 9.50. The third-order valence-corrected chi connectivity index (χ3v) is 12.8. The Labute approximate surface area is 226 Å². The summed E-state index contributed by atoms with van der Waals surface area (Å²) in [5.41, 5.74) is 5.91. The van der Waals surface area contributed by atoms with Gasteiger partial charge in [-0.3, -0.25) is 0 Å². The van der Waals surface area contributed by atoms with Crippen LogP contribution in [0.3, 0.4) is 0 Å². The molecule has 2 aliphatic heterocycles. The highest BCUT2D eigenvalue weighted by atomic mass is 32.2.